The second kappa shape index (κ2) is 5.40. The fraction of sp³-hybridized carbons (Fsp3) is 0.214. The van der Waals surface area contributed by atoms with Crippen LogP contribution < -0.4 is 10.6 Å². The minimum atomic E-state index is -0.0802. The Labute approximate surface area is 106 Å². The molecule has 1 aromatic heterocycles. The van der Waals surface area contributed by atoms with Crippen molar-refractivity contribution in [3.8, 4) is 0 Å². The summed E-state index contributed by atoms with van der Waals surface area (Å²) in [6, 6.07) is 9.27. The van der Waals surface area contributed by atoms with Gasteiger partial charge in [-0.25, -0.2) is 0 Å². The lowest BCUT2D eigenvalue weighted by molar-refractivity contribution is 0.0963. The van der Waals surface area contributed by atoms with Gasteiger partial charge in [-0.1, -0.05) is 0 Å². The molecule has 94 valence electrons. The van der Waals surface area contributed by atoms with Gasteiger partial charge in [0.1, 0.15) is 5.76 Å². The van der Waals surface area contributed by atoms with E-state index in [4.69, 9.17) is 4.42 Å². The maximum absolute atomic E-state index is 11.4. The summed E-state index contributed by atoms with van der Waals surface area (Å²) >= 11 is 0. The molecule has 1 aromatic carbocycles. The number of hydrogen-bond acceptors (Lipinski definition) is 3. The van der Waals surface area contributed by atoms with Crippen LogP contribution in [0.3, 0.4) is 0 Å². The highest BCUT2D eigenvalue weighted by Crippen LogP contribution is 2.14. The molecule has 0 unspecified atom stereocenters. The minimum absolute atomic E-state index is 0.0802. The van der Waals surface area contributed by atoms with E-state index in [0.717, 1.165) is 17.0 Å². The van der Waals surface area contributed by atoms with Gasteiger partial charge in [-0.2, -0.15) is 0 Å². The molecule has 0 aliphatic heterocycles. The first-order valence-corrected chi connectivity index (χ1v) is 5.79. The molecular formula is C14H16N2O2. The van der Waals surface area contributed by atoms with Crippen LogP contribution in [0.1, 0.15) is 21.7 Å². The van der Waals surface area contributed by atoms with Gasteiger partial charge in [0.25, 0.3) is 5.91 Å². The lowest BCUT2D eigenvalue weighted by Gasteiger charge is -2.06. The summed E-state index contributed by atoms with van der Waals surface area (Å²) in [5, 5.41) is 5.83. The van der Waals surface area contributed by atoms with Crippen LogP contribution in [-0.4, -0.2) is 13.0 Å². The van der Waals surface area contributed by atoms with Crippen LogP contribution in [-0.2, 0) is 6.54 Å². The number of benzene rings is 1. The number of nitrogens with one attached hydrogen (secondary N) is 2. The fourth-order valence-electron chi connectivity index (χ4n) is 1.65. The third-order valence-corrected chi connectivity index (χ3v) is 2.80. The first-order chi connectivity index (χ1) is 8.70. The van der Waals surface area contributed by atoms with Crippen LogP contribution in [0, 0.1) is 6.92 Å². The van der Waals surface area contributed by atoms with Crippen molar-refractivity contribution in [1.29, 1.82) is 0 Å². The Hall–Kier alpha value is -2.23. The normalized spacial score (nSPS) is 10.1. The van der Waals surface area contributed by atoms with Crippen LogP contribution in [0.4, 0.5) is 5.69 Å². The van der Waals surface area contributed by atoms with Crippen molar-refractivity contribution in [3.63, 3.8) is 0 Å². The summed E-state index contributed by atoms with van der Waals surface area (Å²) in [7, 11) is 1.62. The van der Waals surface area contributed by atoms with Gasteiger partial charge in [-0.05, 0) is 42.8 Å². The molecule has 0 aliphatic carbocycles. The summed E-state index contributed by atoms with van der Waals surface area (Å²) in [4.78, 5) is 11.4. The van der Waals surface area contributed by atoms with Gasteiger partial charge < -0.3 is 15.1 Å². The maximum Gasteiger partial charge on any atom is 0.251 e. The summed E-state index contributed by atoms with van der Waals surface area (Å²) < 4.78 is 5.34. The third kappa shape index (κ3) is 2.71. The number of carbonyl (C=O) groups is 1. The zero-order valence-corrected chi connectivity index (χ0v) is 10.5. The molecular weight excluding hydrogens is 228 g/mol. The number of furan rings is 1. The van der Waals surface area contributed by atoms with Gasteiger partial charge in [0.05, 0.1) is 12.8 Å². The van der Waals surface area contributed by atoms with E-state index in [0.29, 0.717) is 12.1 Å². The standard InChI is InChI=1S/C14H16N2O2/c1-10-7-8-18-13(10)9-16-12-5-3-11(4-6-12)14(17)15-2/h3-8,16H,9H2,1-2H3,(H,15,17). The topological polar surface area (TPSA) is 54.3 Å². The van der Waals surface area contributed by atoms with Crippen molar-refractivity contribution in [2.45, 2.75) is 13.5 Å². The van der Waals surface area contributed by atoms with E-state index in [1.54, 1.807) is 25.4 Å². The van der Waals surface area contributed by atoms with E-state index in [1.165, 1.54) is 0 Å². The number of rotatable bonds is 4. The van der Waals surface area contributed by atoms with Crippen molar-refractivity contribution in [1.82, 2.24) is 5.32 Å². The Morgan fingerprint density at radius 1 is 1.22 bits per heavy atom. The number of carbonyl (C=O) groups excluding carboxylic acids is 1. The highest BCUT2D eigenvalue weighted by Gasteiger charge is 2.03. The highest BCUT2D eigenvalue weighted by molar-refractivity contribution is 5.94. The molecule has 0 aliphatic rings. The van der Waals surface area contributed by atoms with E-state index >= 15 is 0 Å². The molecule has 0 fully saturated rings. The molecule has 1 amide bonds. The molecule has 4 nitrogen and oxygen atoms in total. The van der Waals surface area contributed by atoms with Crippen molar-refractivity contribution < 1.29 is 9.21 Å². The molecule has 0 atom stereocenters. The second-order valence-electron chi connectivity index (χ2n) is 4.04. The monoisotopic (exact) mass is 244 g/mol. The molecule has 0 spiro atoms. The SMILES string of the molecule is CNC(=O)c1ccc(NCc2occc2C)cc1. The zero-order chi connectivity index (χ0) is 13.0. The minimum Gasteiger partial charge on any atom is -0.467 e. The molecule has 2 aromatic rings. The van der Waals surface area contributed by atoms with E-state index in [2.05, 4.69) is 10.6 Å². The van der Waals surface area contributed by atoms with Crippen molar-refractivity contribution in [2.75, 3.05) is 12.4 Å². The highest BCUT2D eigenvalue weighted by atomic mass is 16.3. The van der Waals surface area contributed by atoms with Gasteiger partial charge in [-0.15, -0.1) is 0 Å². The van der Waals surface area contributed by atoms with Crippen LogP contribution in [0.25, 0.3) is 0 Å². The average Bonchev–Trinajstić information content (AvgIpc) is 2.81. The van der Waals surface area contributed by atoms with Gasteiger partial charge in [0, 0.05) is 18.3 Å². The lowest BCUT2D eigenvalue weighted by atomic mass is 10.2. The first-order valence-electron chi connectivity index (χ1n) is 5.79. The molecule has 0 saturated carbocycles. The Balaban J connectivity index is 1.98. The zero-order valence-electron chi connectivity index (χ0n) is 10.5. The van der Waals surface area contributed by atoms with Crippen LogP contribution in [0.5, 0.6) is 0 Å². The molecule has 0 bridgehead atoms. The van der Waals surface area contributed by atoms with Crippen LogP contribution in [0.15, 0.2) is 41.0 Å². The molecule has 2 N–H and O–H groups in total. The molecule has 0 saturated heterocycles. The molecule has 1 heterocycles. The summed E-state index contributed by atoms with van der Waals surface area (Å²) in [5.74, 6) is 0.841. The molecule has 18 heavy (non-hydrogen) atoms. The average molecular weight is 244 g/mol. The lowest BCUT2D eigenvalue weighted by Crippen LogP contribution is -2.17. The maximum atomic E-state index is 11.4. The molecule has 4 heteroatoms. The number of anilines is 1. The van der Waals surface area contributed by atoms with Crippen molar-refractivity contribution in [3.05, 3.63) is 53.5 Å². The van der Waals surface area contributed by atoms with Gasteiger partial charge in [0.15, 0.2) is 0 Å². The fourth-order valence-corrected chi connectivity index (χ4v) is 1.65. The predicted octanol–water partition coefficient (Wildman–Crippen LogP) is 2.56. The van der Waals surface area contributed by atoms with Crippen LogP contribution >= 0.6 is 0 Å². The summed E-state index contributed by atoms with van der Waals surface area (Å²) in [6.07, 6.45) is 1.68. The van der Waals surface area contributed by atoms with E-state index in [-0.39, 0.29) is 5.91 Å². The summed E-state index contributed by atoms with van der Waals surface area (Å²) in [5.41, 5.74) is 2.74. The quantitative estimate of drug-likeness (QED) is 0.869. The number of amides is 1. The van der Waals surface area contributed by atoms with Gasteiger partial charge in [0.2, 0.25) is 0 Å². The molecule has 2 rings (SSSR count). The van der Waals surface area contributed by atoms with E-state index in [1.807, 2.05) is 25.1 Å². The molecule has 0 radical (unpaired) electrons. The Bertz CT molecular complexity index is 529. The van der Waals surface area contributed by atoms with Crippen LogP contribution in [0.2, 0.25) is 0 Å². The van der Waals surface area contributed by atoms with Crippen molar-refractivity contribution in [2.24, 2.45) is 0 Å². The van der Waals surface area contributed by atoms with Crippen molar-refractivity contribution >= 4 is 11.6 Å². The Kier molecular flexibility index (Phi) is 3.67. The number of aryl methyl sites for hydroxylation is 1. The largest absolute Gasteiger partial charge is 0.467 e. The Morgan fingerprint density at radius 2 is 1.94 bits per heavy atom. The smallest absolute Gasteiger partial charge is 0.251 e. The van der Waals surface area contributed by atoms with E-state index < -0.39 is 0 Å². The van der Waals surface area contributed by atoms with E-state index in [9.17, 15) is 4.79 Å². The number of hydrogen-bond donors (Lipinski definition) is 2. The Morgan fingerprint density at radius 3 is 2.50 bits per heavy atom. The summed E-state index contributed by atoms with van der Waals surface area (Å²) in [6.45, 7) is 2.65. The van der Waals surface area contributed by atoms with Gasteiger partial charge in [-0.3, -0.25) is 4.79 Å². The van der Waals surface area contributed by atoms with Gasteiger partial charge >= 0.3 is 0 Å². The first kappa shape index (κ1) is 12.2. The third-order valence-electron chi connectivity index (χ3n) is 2.80. The predicted molar refractivity (Wildman–Crippen MR) is 70.6 cm³/mol. The second-order valence-corrected chi connectivity index (χ2v) is 4.04.